The van der Waals surface area contributed by atoms with Gasteiger partial charge in [-0.3, -0.25) is 9.59 Å². The topological polar surface area (TPSA) is 183 Å². The Morgan fingerprint density at radius 2 is 1.67 bits per heavy atom. The van der Waals surface area contributed by atoms with Crippen molar-refractivity contribution in [2.45, 2.75) is 96.9 Å². The number of aromatic hydroxyl groups is 1. The van der Waals surface area contributed by atoms with Gasteiger partial charge < -0.3 is 41.3 Å². The van der Waals surface area contributed by atoms with Gasteiger partial charge in [0.25, 0.3) is 0 Å². The highest BCUT2D eigenvalue weighted by molar-refractivity contribution is 5.92. The van der Waals surface area contributed by atoms with Crippen molar-refractivity contribution in [3.63, 3.8) is 0 Å². The van der Waals surface area contributed by atoms with E-state index in [9.17, 15) is 35.1 Å². The first kappa shape index (κ1) is 34.2. The molecule has 5 atom stereocenters. The van der Waals surface area contributed by atoms with Crippen LogP contribution in [0.25, 0.3) is 6.08 Å². The summed E-state index contributed by atoms with van der Waals surface area (Å²) in [5.74, 6) is -0.994. The first-order valence-electron chi connectivity index (χ1n) is 14.5. The molecule has 43 heavy (non-hydrogen) atoms. The molecule has 1 saturated heterocycles. The van der Waals surface area contributed by atoms with Gasteiger partial charge in [-0.15, -0.1) is 0 Å². The largest absolute Gasteiger partial charge is 0.508 e. The lowest BCUT2D eigenvalue weighted by Gasteiger charge is -2.40. The van der Waals surface area contributed by atoms with Crippen molar-refractivity contribution in [2.75, 3.05) is 6.61 Å². The zero-order valence-electron chi connectivity index (χ0n) is 26.0. The number of nitrogens with one attached hydrogen (secondary N) is 1. The number of nitrogens with two attached hydrogens (primary N) is 1. The molecule has 1 aliphatic rings. The number of phenolic OH excluding ortho intramolecular Hbond substituents is 1. The fourth-order valence-electron chi connectivity index (χ4n) is 5.06. The first-order valence-corrected chi connectivity index (χ1v) is 14.5. The van der Waals surface area contributed by atoms with Crippen LogP contribution in [0.1, 0.15) is 86.9 Å². The van der Waals surface area contributed by atoms with Crippen LogP contribution in [0.2, 0.25) is 0 Å². The highest BCUT2D eigenvalue weighted by Gasteiger charge is 2.45. The molecule has 1 heterocycles. The molecule has 2 aromatic rings. The molecule has 0 spiro atoms. The molecule has 2 amide bonds. The minimum atomic E-state index is -1.56. The Labute approximate surface area is 253 Å². The SMILES string of the molecule is Cc1cc(/C=C/C(C)(C)C(=O)NC(C)(C)C(N)=O)ccc1Cc1cc([C@@H]2O[C@H](CO)[C@@H](O)[C@H](O)[C@H]2O)c(O)cc1C(C)C. The lowest BCUT2D eigenvalue weighted by atomic mass is 9.85. The Bertz CT molecular complexity index is 1360. The molecule has 236 valence electrons. The Kier molecular flexibility index (Phi) is 10.5. The Morgan fingerprint density at radius 1 is 1.02 bits per heavy atom. The number of carbonyl (C=O) groups excluding carboxylic acids is 2. The maximum absolute atomic E-state index is 12.8. The standard InChI is InChI=1S/C33H46N2O8/c1-17(2)22-15-24(37)23(29-28(40)27(39)26(38)25(16-36)43-29)14-21(22)13-20-9-8-19(12-18(20)3)10-11-32(4,5)31(42)35-33(6,7)30(34)41/h8-12,14-15,17,25-29,36-40H,13,16H2,1-7H3,(H2,34,41)(H,35,42)/b11-10+/t25-,26-,27+,28-,29+/m1/s1. The van der Waals surface area contributed by atoms with E-state index in [4.69, 9.17) is 10.5 Å². The third kappa shape index (κ3) is 7.63. The summed E-state index contributed by atoms with van der Waals surface area (Å²) in [7, 11) is 0. The summed E-state index contributed by atoms with van der Waals surface area (Å²) in [6.07, 6.45) is -2.68. The zero-order valence-corrected chi connectivity index (χ0v) is 26.0. The maximum Gasteiger partial charge on any atom is 0.242 e. The fraction of sp³-hybridized carbons (Fsp3) is 0.515. The van der Waals surface area contributed by atoms with Crippen molar-refractivity contribution in [3.05, 3.63) is 69.8 Å². The van der Waals surface area contributed by atoms with E-state index in [0.29, 0.717) is 6.42 Å². The van der Waals surface area contributed by atoms with Crippen LogP contribution in [-0.2, 0) is 20.7 Å². The number of carbonyl (C=O) groups is 2. The highest BCUT2D eigenvalue weighted by Crippen LogP contribution is 2.40. The second kappa shape index (κ2) is 13.2. The van der Waals surface area contributed by atoms with E-state index in [0.717, 1.165) is 27.8 Å². The van der Waals surface area contributed by atoms with Crippen LogP contribution in [0.15, 0.2) is 36.4 Å². The predicted octanol–water partition coefficient (Wildman–Crippen LogP) is 2.35. The van der Waals surface area contributed by atoms with E-state index < -0.39 is 54.0 Å². The molecule has 3 rings (SSSR count). The van der Waals surface area contributed by atoms with Crippen molar-refractivity contribution >= 4 is 17.9 Å². The molecule has 0 aliphatic carbocycles. The van der Waals surface area contributed by atoms with E-state index in [2.05, 4.69) is 5.32 Å². The van der Waals surface area contributed by atoms with E-state index in [1.165, 1.54) is 0 Å². The van der Waals surface area contributed by atoms with E-state index in [1.54, 1.807) is 45.9 Å². The van der Waals surface area contributed by atoms with Gasteiger partial charge in [0.2, 0.25) is 11.8 Å². The van der Waals surface area contributed by atoms with Crippen LogP contribution in [0.5, 0.6) is 5.75 Å². The number of aliphatic hydroxyl groups excluding tert-OH is 4. The number of amides is 2. The summed E-state index contributed by atoms with van der Waals surface area (Å²) in [5.41, 5.74) is 8.26. The summed E-state index contributed by atoms with van der Waals surface area (Å²) in [6, 6.07) is 9.31. The van der Waals surface area contributed by atoms with Gasteiger partial charge in [-0.05, 0) is 86.9 Å². The summed E-state index contributed by atoms with van der Waals surface area (Å²) in [4.78, 5) is 24.5. The van der Waals surface area contributed by atoms with Gasteiger partial charge >= 0.3 is 0 Å². The van der Waals surface area contributed by atoms with Crippen LogP contribution >= 0.6 is 0 Å². The summed E-state index contributed by atoms with van der Waals surface area (Å²) < 4.78 is 5.72. The van der Waals surface area contributed by atoms with Crippen LogP contribution < -0.4 is 11.1 Å². The van der Waals surface area contributed by atoms with E-state index >= 15 is 0 Å². The second-order valence-corrected chi connectivity index (χ2v) is 12.9. The maximum atomic E-state index is 12.8. The Hall–Kier alpha value is -3.28. The number of primary amides is 1. The minimum Gasteiger partial charge on any atom is -0.508 e. The van der Waals surface area contributed by atoms with Crippen molar-refractivity contribution < 1.29 is 39.9 Å². The molecular weight excluding hydrogens is 552 g/mol. The number of ether oxygens (including phenoxy) is 1. The molecular formula is C33H46N2O8. The van der Waals surface area contributed by atoms with Gasteiger partial charge in [0.1, 0.15) is 41.8 Å². The smallest absolute Gasteiger partial charge is 0.242 e. The molecule has 0 radical (unpaired) electrons. The number of aliphatic hydroxyl groups is 4. The van der Waals surface area contributed by atoms with Crippen LogP contribution in [0.4, 0.5) is 0 Å². The summed E-state index contributed by atoms with van der Waals surface area (Å²) >= 11 is 0. The van der Waals surface area contributed by atoms with Crippen molar-refractivity contribution in [2.24, 2.45) is 11.1 Å². The van der Waals surface area contributed by atoms with Gasteiger partial charge in [-0.1, -0.05) is 44.2 Å². The summed E-state index contributed by atoms with van der Waals surface area (Å²) in [6.45, 7) is 12.1. The molecule has 10 nitrogen and oxygen atoms in total. The lowest BCUT2D eigenvalue weighted by molar-refractivity contribution is -0.232. The second-order valence-electron chi connectivity index (χ2n) is 12.9. The van der Waals surface area contributed by atoms with Crippen LogP contribution in [0, 0.1) is 12.3 Å². The number of benzene rings is 2. The number of aryl methyl sites for hydroxylation is 1. The molecule has 0 unspecified atom stereocenters. The number of hydrogen-bond acceptors (Lipinski definition) is 8. The zero-order chi connectivity index (χ0) is 32.4. The summed E-state index contributed by atoms with van der Waals surface area (Å²) in [5, 5.41) is 54.4. The molecule has 0 bridgehead atoms. The molecule has 10 heteroatoms. The fourth-order valence-corrected chi connectivity index (χ4v) is 5.06. The van der Waals surface area contributed by atoms with Gasteiger partial charge in [-0.25, -0.2) is 0 Å². The first-order chi connectivity index (χ1) is 19.9. The average Bonchev–Trinajstić information content (AvgIpc) is 2.92. The quantitative estimate of drug-likeness (QED) is 0.217. The van der Waals surface area contributed by atoms with Crippen molar-refractivity contribution in [1.82, 2.24) is 5.32 Å². The molecule has 1 fully saturated rings. The Balaban J connectivity index is 1.89. The molecule has 0 saturated carbocycles. The van der Waals surface area contributed by atoms with E-state index in [1.807, 2.05) is 45.0 Å². The molecule has 1 aliphatic heterocycles. The van der Waals surface area contributed by atoms with Gasteiger partial charge in [0.15, 0.2) is 0 Å². The van der Waals surface area contributed by atoms with Crippen molar-refractivity contribution in [1.29, 1.82) is 0 Å². The van der Waals surface area contributed by atoms with Crippen molar-refractivity contribution in [3.8, 4) is 5.75 Å². The number of rotatable bonds is 10. The van der Waals surface area contributed by atoms with Gasteiger partial charge in [0, 0.05) is 5.56 Å². The third-order valence-electron chi connectivity index (χ3n) is 8.18. The minimum absolute atomic E-state index is 0.0696. The lowest BCUT2D eigenvalue weighted by Crippen LogP contribution is -2.55. The average molecular weight is 599 g/mol. The van der Waals surface area contributed by atoms with Crippen LogP contribution in [-0.4, -0.2) is 73.9 Å². The number of phenols is 1. The normalized spacial score (nSPS) is 23.1. The molecule has 0 aromatic heterocycles. The molecule has 8 N–H and O–H groups in total. The predicted molar refractivity (Wildman–Crippen MR) is 163 cm³/mol. The number of hydrogen-bond donors (Lipinski definition) is 7. The Morgan fingerprint density at radius 3 is 2.23 bits per heavy atom. The highest BCUT2D eigenvalue weighted by atomic mass is 16.5. The third-order valence-corrected chi connectivity index (χ3v) is 8.18. The van der Waals surface area contributed by atoms with E-state index in [-0.39, 0.29) is 23.1 Å². The monoisotopic (exact) mass is 598 g/mol. The van der Waals surface area contributed by atoms with Crippen LogP contribution in [0.3, 0.4) is 0 Å². The molecule has 2 aromatic carbocycles. The van der Waals surface area contributed by atoms with Gasteiger partial charge in [0.05, 0.1) is 12.0 Å². The van der Waals surface area contributed by atoms with Gasteiger partial charge in [-0.2, -0.15) is 0 Å².